The maximum absolute atomic E-state index is 12.4. The number of nitrogens with one attached hydrogen (secondary N) is 1. The molecule has 1 aromatic heterocycles. The number of hydrogen-bond acceptors (Lipinski definition) is 6. The number of carbonyl (C=O) groups is 2. The molecule has 1 aromatic carbocycles. The van der Waals surface area contributed by atoms with Crippen LogP contribution < -0.4 is 10.1 Å². The van der Waals surface area contributed by atoms with Gasteiger partial charge in [-0.05, 0) is 43.9 Å². The first-order chi connectivity index (χ1) is 13.0. The van der Waals surface area contributed by atoms with Crippen LogP contribution in [0.15, 0.2) is 30.3 Å². The van der Waals surface area contributed by atoms with Crippen LogP contribution in [0.25, 0.3) is 10.4 Å². The number of nitrogens with zero attached hydrogens (tertiary/aromatic N) is 1. The van der Waals surface area contributed by atoms with Crippen LogP contribution in [0.3, 0.4) is 0 Å². The summed E-state index contributed by atoms with van der Waals surface area (Å²) in [6, 6.07) is 11.6. The molecule has 138 valence electrons. The minimum absolute atomic E-state index is 0.172. The standard InChI is InChI=1S/C20H18N2O4S/c1-20(11-21,13-6-7-13)22-17(23)10-26-19(24)16-8-12-9-25-15-5-3-2-4-14(15)18(12)27-16/h2-5,8,13H,6-7,9-10H2,1H3,(H,22,23)/t20-/m1/s1. The van der Waals surface area contributed by atoms with E-state index >= 15 is 0 Å². The summed E-state index contributed by atoms with van der Waals surface area (Å²) in [4.78, 5) is 25.9. The summed E-state index contributed by atoms with van der Waals surface area (Å²) in [7, 11) is 0. The largest absolute Gasteiger partial charge is 0.488 e. The van der Waals surface area contributed by atoms with E-state index in [1.165, 1.54) is 11.3 Å². The number of esters is 1. The Hall–Kier alpha value is -2.85. The van der Waals surface area contributed by atoms with Crippen molar-refractivity contribution in [2.45, 2.75) is 31.9 Å². The first kappa shape index (κ1) is 17.6. The van der Waals surface area contributed by atoms with Gasteiger partial charge in [-0.15, -0.1) is 11.3 Å². The molecule has 6 nitrogen and oxygen atoms in total. The quantitative estimate of drug-likeness (QED) is 0.802. The molecule has 1 aliphatic carbocycles. The van der Waals surface area contributed by atoms with Crippen molar-refractivity contribution in [1.29, 1.82) is 5.26 Å². The predicted octanol–water partition coefficient (Wildman–Crippen LogP) is 3.27. The molecule has 2 heterocycles. The number of fused-ring (bicyclic) bond motifs is 3. The Morgan fingerprint density at radius 1 is 1.41 bits per heavy atom. The van der Waals surface area contributed by atoms with E-state index in [4.69, 9.17) is 9.47 Å². The van der Waals surface area contributed by atoms with Crippen molar-refractivity contribution in [3.8, 4) is 22.3 Å². The van der Waals surface area contributed by atoms with E-state index in [9.17, 15) is 14.9 Å². The number of benzene rings is 1. The van der Waals surface area contributed by atoms with Crippen molar-refractivity contribution in [2.75, 3.05) is 6.61 Å². The maximum Gasteiger partial charge on any atom is 0.348 e. The molecule has 1 atom stereocenters. The molecule has 1 fully saturated rings. The number of hydrogen-bond donors (Lipinski definition) is 1. The molecular formula is C20H18N2O4S. The Balaban J connectivity index is 1.41. The topological polar surface area (TPSA) is 88.4 Å². The molecule has 0 unspecified atom stereocenters. The van der Waals surface area contributed by atoms with Crippen LogP contribution in [0.2, 0.25) is 0 Å². The van der Waals surface area contributed by atoms with Crippen LogP contribution >= 0.6 is 11.3 Å². The van der Waals surface area contributed by atoms with Crippen molar-refractivity contribution in [2.24, 2.45) is 5.92 Å². The molecule has 1 amide bonds. The third-order valence-corrected chi connectivity index (χ3v) is 6.08. The van der Waals surface area contributed by atoms with E-state index < -0.39 is 24.0 Å². The van der Waals surface area contributed by atoms with Gasteiger partial charge < -0.3 is 14.8 Å². The highest BCUT2D eigenvalue weighted by Crippen LogP contribution is 2.42. The molecule has 0 bridgehead atoms. The van der Waals surface area contributed by atoms with Crippen LogP contribution in [-0.2, 0) is 16.1 Å². The molecule has 1 aliphatic heterocycles. The molecule has 7 heteroatoms. The summed E-state index contributed by atoms with van der Waals surface area (Å²) < 4.78 is 10.9. The average Bonchev–Trinajstić information content (AvgIpc) is 3.45. The van der Waals surface area contributed by atoms with E-state index in [0.717, 1.165) is 34.6 Å². The van der Waals surface area contributed by atoms with Crippen LogP contribution in [0.4, 0.5) is 0 Å². The molecule has 2 aliphatic rings. The number of nitriles is 1. The second kappa shape index (κ2) is 6.71. The van der Waals surface area contributed by atoms with Crippen molar-refractivity contribution in [3.63, 3.8) is 0 Å². The minimum atomic E-state index is -0.896. The smallest absolute Gasteiger partial charge is 0.348 e. The third-order valence-electron chi connectivity index (χ3n) is 4.88. The summed E-state index contributed by atoms with van der Waals surface area (Å²) in [5.74, 6) is -0.0466. The van der Waals surface area contributed by atoms with Gasteiger partial charge in [0.25, 0.3) is 5.91 Å². The van der Waals surface area contributed by atoms with E-state index in [1.54, 1.807) is 13.0 Å². The molecule has 2 aromatic rings. The highest BCUT2D eigenvalue weighted by atomic mass is 32.1. The summed E-state index contributed by atoms with van der Waals surface area (Å²) in [5.41, 5.74) is 0.989. The van der Waals surface area contributed by atoms with Gasteiger partial charge >= 0.3 is 5.97 Å². The molecule has 1 saturated carbocycles. The number of carbonyl (C=O) groups excluding carboxylic acids is 2. The van der Waals surface area contributed by atoms with Gasteiger partial charge in [0.05, 0.1) is 6.07 Å². The van der Waals surface area contributed by atoms with Crippen LogP contribution in [0, 0.1) is 17.2 Å². The Morgan fingerprint density at radius 3 is 2.93 bits per heavy atom. The second-order valence-electron chi connectivity index (χ2n) is 6.96. The predicted molar refractivity (Wildman–Crippen MR) is 99.3 cm³/mol. The third kappa shape index (κ3) is 3.40. The van der Waals surface area contributed by atoms with Crippen molar-refractivity contribution < 1.29 is 19.1 Å². The average molecular weight is 382 g/mol. The number of rotatable bonds is 5. The van der Waals surface area contributed by atoms with Crippen molar-refractivity contribution in [3.05, 3.63) is 40.8 Å². The lowest BCUT2D eigenvalue weighted by Gasteiger charge is -2.22. The second-order valence-corrected chi connectivity index (χ2v) is 8.01. The van der Waals surface area contributed by atoms with E-state index in [1.807, 2.05) is 24.3 Å². The van der Waals surface area contributed by atoms with Gasteiger partial charge in [-0.3, -0.25) is 4.79 Å². The van der Waals surface area contributed by atoms with Gasteiger partial charge in [-0.1, -0.05) is 12.1 Å². The highest BCUT2D eigenvalue weighted by Gasteiger charge is 2.43. The van der Waals surface area contributed by atoms with Gasteiger partial charge in [0.1, 0.15) is 22.8 Å². The first-order valence-corrected chi connectivity index (χ1v) is 9.56. The van der Waals surface area contributed by atoms with Gasteiger partial charge in [0.15, 0.2) is 6.61 Å². The minimum Gasteiger partial charge on any atom is -0.488 e. The molecule has 1 N–H and O–H groups in total. The Bertz CT molecular complexity index is 957. The summed E-state index contributed by atoms with van der Waals surface area (Å²) in [5, 5.41) is 12.0. The van der Waals surface area contributed by atoms with Crippen LogP contribution in [0.5, 0.6) is 5.75 Å². The van der Waals surface area contributed by atoms with Gasteiger partial charge in [-0.2, -0.15) is 5.26 Å². The maximum atomic E-state index is 12.4. The summed E-state index contributed by atoms with van der Waals surface area (Å²) in [6.45, 7) is 1.70. The SMILES string of the molecule is C[C@](C#N)(NC(=O)COC(=O)c1cc2c(s1)-c1ccccc1OC2)C1CC1. The molecular weight excluding hydrogens is 364 g/mol. The lowest BCUT2D eigenvalue weighted by atomic mass is 9.98. The summed E-state index contributed by atoms with van der Waals surface area (Å²) >= 11 is 1.33. The fraction of sp³-hybridized carbons (Fsp3) is 0.350. The Kier molecular flexibility index (Phi) is 4.36. The normalized spacial score (nSPS) is 16.7. The lowest BCUT2D eigenvalue weighted by molar-refractivity contribution is -0.125. The van der Waals surface area contributed by atoms with Gasteiger partial charge in [-0.25, -0.2) is 4.79 Å². The van der Waals surface area contributed by atoms with Gasteiger partial charge in [0.2, 0.25) is 0 Å². The van der Waals surface area contributed by atoms with Crippen LogP contribution in [-0.4, -0.2) is 24.0 Å². The summed E-state index contributed by atoms with van der Waals surface area (Å²) in [6.07, 6.45) is 1.85. The van der Waals surface area contributed by atoms with E-state index in [2.05, 4.69) is 11.4 Å². The van der Waals surface area contributed by atoms with Crippen molar-refractivity contribution in [1.82, 2.24) is 5.32 Å². The fourth-order valence-corrected chi connectivity index (χ4v) is 4.30. The first-order valence-electron chi connectivity index (χ1n) is 8.74. The van der Waals surface area contributed by atoms with Crippen molar-refractivity contribution >= 4 is 23.2 Å². The monoisotopic (exact) mass is 382 g/mol. The van der Waals surface area contributed by atoms with Crippen LogP contribution in [0.1, 0.15) is 35.0 Å². The molecule has 4 rings (SSSR count). The molecule has 27 heavy (non-hydrogen) atoms. The number of para-hydroxylation sites is 1. The Morgan fingerprint density at radius 2 is 2.19 bits per heavy atom. The number of thiophene rings is 1. The van der Waals surface area contributed by atoms with E-state index in [-0.39, 0.29) is 5.92 Å². The lowest BCUT2D eigenvalue weighted by Crippen LogP contribution is -2.48. The number of ether oxygens (including phenoxy) is 2. The zero-order valence-corrected chi connectivity index (χ0v) is 15.6. The fourth-order valence-electron chi connectivity index (χ4n) is 3.21. The molecule has 0 saturated heterocycles. The molecule has 0 spiro atoms. The highest BCUT2D eigenvalue weighted by molar-refractivity contribution is 7.17. The Labute approximate surface area is 160 Å². The number of amides is 1. The van der Waals surface area contributed by atoms with Gasteiger partial charge in [0, 0.05) is 16.0 Å². The molecule has 0 radical (unpaired) electrons. The zero-order chi connectivity index (χ0) is 19.0. The van der Waals surface area contributed by atoms with E-state index in [0.29, 0.717) is 11.5 Å². The zero-order valence-electron chi connectivity index (χ0n) is 14.8.